The summed E-state index contributed by atoms with van der Waals surface area (Å²) in [6.07, 6.45) is 1.49. The molecule has 0 spiro atoms. The van der Waals surface area contributed by atoms with Crippen LogP contribution in [0.15, 0.2) is 28.9 Å². The number of nitrogens with one attached hydrogen (secondary N) is 1. The average molecular weight is 393 g/mol. The third kappa shape index (κ3) is 3.88. The summed E-state index contributed by atoms with van der Waals surface area (Å²) in [6, 6.07) is 5.14. The Labute approximate surface area is 160 Å². The maximum absolute atomic E-state index is 12.3. The minimum absolute atomic E-state index is 0.115. The molecular formula is C17H19N3O4S2. The summed E-state index contributed by atoms with van der Waals surface area (Å²) in [7, 11) is 1.35. The molecule has 1 saturated heterocycles. The highest BCUT2D eigenvalue weighted by Crippen LogP contribution is 2.28. The SMILES string of the molecule is COC(=O)c1cc(C)sc1NC(=S)N1CCN(C(=O)c2ccco2)CC1. The molecule has 0 bridgehead atoms. The number of carbonyl (C=O) groups is 2. The molecule has 0 radical (unpaired) electrons. The molecule has 2 aromatic heterocycles. The number of piperazine rings is 1. The topological polar surface area (TPSA) is 75.0 Å². The van der Waals surface area contributed by atoms with Gasteiger partial charge in [-0.15, -0.1) is 11.3 Å². The fraction of sp³-hybridized carbons (Fsp3) is 0.353. The number of hydrogen-bond donors (Lipinski definition) is 1. The van der Waals surface area contributed by atoms with Crippen LogP contribution < -0.4 is 5.32 Å². The second kappa shape index (κ2) is 7.88. The zero-order valence-electron chi connectivity index (χ0n) is 14.5. The first-order valence-electron chi connectivity index (χ1n) is 8.07. The molecule has 1 aliphatic heterocycles. The molecule has 2 aromatic rings. The molecule has 0 saturated carbocycles. The number of rotatable bonds is 3. The maximum Gasteiger partial charge on any atom is 0.340 e. The smallest absolute Gasteiger partial charge is 0.340 e. The van der Waals surface area contributed by atoms with Crippen molar-refractivity contribution in [2.24, 2.45) is 0 Å². The fourth-order valence-corrected chi connectivity index (χ4v) is 3.96. The number of thiophene rings is 1. The summed E-state index contributed by atoms with van der Waals surface area (Å²) < 4.78 is 9.98. The molecule has 0 aromatic carbocycles. The summed E-state index contributed by atoms with van der Waals surface area (Å²) >= 11 is 6.93. The van der Waals surface area contributed by atoms with E-state index in [1.807, 2.05) is 11.8 Å². The summed E-state index contributed by atoms with van der Waals surface area (Å²) in [6.45, 7) is 4.24. The zero-order chi connectivity index (χ0) is 18.7. The van der Waals surface area contributed by atoms with Crippen molar-refractivity contribution < 1.29 is 18.7 Å². The molecule has 1 aliphatic rings. The standard InChI is InChI=1S/C17H19N3O4S2/c1-11-10-12(16(22)23-2)14(26-11)18-17(25)20-7-5-19(6-8-20)15(21)13-4-3-9-24-13/h3-4,9-10H,5-8H2,1-2H3,(H,18,25). The minimum atomic E-state index is -0.395. The molecule has 3 heterocycles. The number of carbonyl (C=O) groups excluding carboxylic acids is 2. The number of hydrogen-bond acceptors (Lipinski definition) is 6. The van der Waals surface area contributed by atoms with Gasteiger partial charge in [-0.1, -0.05) is 0 Å². The first-order valence-corrected chi connectivity index (χ1v) is 9.29. The molecular weight excluding hydrogens is 374 g/mol. The predicted octanol–water partition coefficient (Wildman–Crippen LogP) is 2.59. The Morgan fingerprint density at radius 1 is 1.27 bits per heavy atom. The summed E-state index contributed by atoms with van der Waals surface area (Å²) in [5.74, 6) is -0.167. The molecule has 1 N–H and O–H groups in total. The molecule has 26 heavy (non-hydrogen) atoms. The van der Waals surface area contributed by atoms with Crippen molar-refractivity contribution >= 4 is 45.5 Å². The van der Waals surface area contributed by atoms with Gasteiger partial charge in [0.25, 0.3) is 5.91 Å². The van der Waals surface area contributed by atoms with Gasteiger partial charge in [-0.05, 0) is 37.3 Å². The Balaban J connectivity index is 1.59. The molecule has 0 unspecified atom stereocenters. The van der Waals surface area contributed by atoms with Crippen LogP contribution in [0.3, 0.4) is 0 Å². The van der Waals surface area contributed by atoms with Gasteiger partial charge in [-0.3, -0.25) is 4.79 Å². The van der Waals surface area contributed by atoms with Crippen LogP contribution in [0.5, 0.6) is 0 Å². The Morgan fingerprint density at radius 3 is 2.58 bits per heavy atom. The predicted molar refractivity (Wildman–Crippen MR) is 103 cm³/mol. The van der Waals surface area contributed by atoms with Gasteiger partial charge < -0.3 is 24.3 Å². The number of methoxy groups -OCH3 is 1. The van der Waals surface area contributed by atoms with Gasteiger partial charge in [-0.25, -0.2) is 4.79 Å². The summed E-state index contributed by atoms with van der Waals surface area (Å²) in [4.78, 5) is 28.9. The van der Waals surface area contributed by atoms with Gasteiger partial charge in [0.05, 0.1) is 18.9 Å². The Bertz CT molecular complexity index is 808. The van der Waals surface area contributed by atoms with Crippen LogP contribution in [0.4, 0.5) is 5.00 Å². The van der Waals surface area contributed by atoms with E-state index in [0.717, 1.165) is 4.88 Å². The lowest BCUT2D eigenvalue weighted by atomic mass is 10.3. The van der Waals surface area contributed by atoms with Crippen molar-refractivity contribution in [1.82, 2.24) is 9.80 Å². The molecule has 9 heteroatoms. The van der Waals surface area contributed by atoms with E-state index in [1.165, 1.54) is 24.7 Å². The second-order valence-electron chi connectivity index (χ2n) is 5.78. The molecule has 0 atom stereocenters. The molecule has 1 fully saturated rings. The van der Waals surface area contributed by atoms with Gasteiger partial charge in [-0.2, -0.15) is 0 Å². The highest BCUT2D eigenvalue weighted by Gasteiger charge is 2.25. The number of aryl methyl sites for hydroxylation is 1. The van der Waals surface area contributed by atoms with E-state index in [9.17, 15) is 9.59 Å². The number of esters is 1. The Kier molecular flexibility index (Phi) is 5.58. The molecule has 7 nitrogen and oxygen atoms in total. The maximum atomic E-state index is 12.3. The van der Waals surface area contributed by atoms with E-state index in [2.05, 4.69) is 5.32 Å². The van der Waals surface area contributed by atoms with Crippen LogP contribution in [-0.4, -0.2) is 60.1 Å². The summed E-state index contributed by atoms with van der Waals surface area (Å²) in [5, 5.41) is 4.35. The fourth-order valence-electron chi connectivity index (χ4n) is 2.71. The highest BCUT2D eigenvalue weighted by molar-refractivity contribution is 7.80. The number of furan rings is 1. The lowest BCUT2D eigenvalue weighted by Gasteiger charge is -2.35. The third-order valence-corrected chi connectivity index (χ3v) is 5.39. The molecule has 3 rings (SSSR count). The van der Waals surface area contributed by atoms with Crippen LogP contribution in [0, 0.1) is 6.92 Å². The average Bonchev–Trinajstić information content (AvgIpc) is 3.30. The van der Waals surface area contributed by atoms with Gasteiger partial charge in [0, 0.05) is 31.1 Å². The van der Waals surface area contributed by atoms with E-state index < -0.39 is 5.97 Å². The summed E-state index contributed by atoms with van der Waals surface area (Å²) in [5.41, 5.74) is 0.476. The van der Waals surface area contributed by atoms with Gasteiger partial charge in [0.1, 0.15) is 5.00 Å². The number of nitrogens with zero attached hydrogens (tertiary/aromatic N) is 2. The van der Waals surface area contributed by atoms with Crippen molar-refractivity contribution in [3.63, 3.8) is 0 Å². The van der Waals surface area contributed by atoms with Crippen LogP contribution in [0.25, 0.3) is 0 Å². The normalized spacial score (nSPS) is 14.2. The van der Waals surface area contributed by atoms with Crippen molar-refractivity contribution in [2.45, 2.75) is 6.92 Å². The minimum Gasteiger partial charge on any atom is -0.465 e. The highest BCUT2D eigenvalue weighted by atomic mass is 32.1. The Hall–Kier alpha value is -2.39. The number of thiocarbonyl (C=S) groups is 1. The van der Waals surface area contributed by atoms with E-state index in [0.29, 0.717) is 47.6 Å². The van der Waals surface area contributed by atoms with Crippen LogP contribution in [0.2, 0.25) is 0 Å². The van der Waals surface area contributed by atoms with E-state index >= 15 is 0 Å². The van der Waals surface area contributed by atoms with Crippen molar-refractivity contribution in [3.05, 3.63) is 40.7 Å². The largest absolute Gasteiger partial charge is 0.465 e. The number of anilines is 1. The van der Waals surface area contributed by atoms with Gasteiger partial charge >= 0.3 is 5.97 Å². The van der Waals surface area contributed by atoms with Crippen molar-refractivity contribution in [3.8, 4) is 0 Å². The van der Waals surface area contributed by atoms with E-state index in [4.69, 9.17) is 21.4 Å². The van der Waals surface area contributed by atoms with Crippen molar-refractivity contribution in [1.29, 1.82) is 0 Å². The van der Waals surface area contributed by atoms with E-state index in [1.54, 1.807) is 23.1 Å². The van der Waals surface area contributed by atoms with Gasteiger partial charge in [0.2, 0.25) is 0 Å². The lowest BCUT2D eigenvalue weighted by Crippen LogP contribution is -2.51. The molecule has 0 aliphatic carbocycles. The van der Waals surface area contributed by atoms with Crippen LogP contribution in [0.1, 0.15) is 25.8 Å². The first kappa shape index (κ1) is 18.4. The number of amides is 1. The second-order valence-corrected chi connectivity index (χ2v) is 7.42. The third-order valence-electron chi connectivity index (χ3n) is 4.07. The zero-order valence-corrected chi connectivity index (χ0v) is 16.1. The first-order chi connectivity index (χ1) is 12.5. The van der Waals surface area contributed by atoms with Crippen LogP contribution in [-0.2, 0) is 4.74 Å². The lowest BCUT2D eigenvalue weighted by molar-refractivity contribution is 0.0601. The van der Waals surface area contributed by atoms with Crippen LogP contribution >= 0.6 is 23.6 Å². The van der Waals surface area contributed by atoms with E-state index in [-0.39, 0.29) is 5.91 Å². The molecule has 1 amide bonds. The Morgan fingerprint density at radius 2 is 1.96 bits per heavy atom. The monoisotopic (exact) mass is 393 g/mol. The molecule has 138 valence electrons. The van der Waals surface area contributed by atoms with Crippen molar-refractivity contribution in [2.75, 3.05) is 38.6 Å². The van der Waals surface area contributed by atoms with Gasteiger partial charge in [0.15, 0.2) is 10.9 Å². The number of ether oxygens (including phenoxy) is 1. The quantitative estimate of drug-likeness (QED) is 0.635.